The third-order valence-corrected chi connectivity index (χ3v) is 10.2. The van der Waals surface area contributed by atoms with E-state index in [4.69, 9.17) is 28.4 Å². The van der Waals surface area contributed by atoms with Crippen LogP contribution in [0.3, 0.4) is 0 Å². The van der Waals surface area contributed by atoms with E-state index in [-0.39, 0.29) is 61.8 Å². The number of rotatable bonds is 2. The zero-order valence-electron chi connectivity index (χ0n) is 27.2. The number of ether oxygens (including phenoxy) is 6. The van der Waals surface area contributed by atoms with Gasteiger partial charge in [0.1, 0.15) is 24.4 Å². The average molecular weight is 663 g/mol. The van der Waals surface area contributed by atoms with Gasteiger partial charge < -0.3 is 48.8 Å². The van der Waals surface area contributed by atoms with Gasteiger partial charge in [-0.2, -0.15) is 0 Å². The molecule has 0 bridgehead atoms. The summed E-state index contributed by atoms with van der Waals surface area (Å²) in [4.78, 5) is 22.5. The van der Waals surface area contributed by atoms with E-state index in [1.54, 1.807) is 0 Å². The maximum atomic E-state index is 11.8. The zero-order chi connectivity index (χ0) is 32.2. The van der Waals surface area contributed by atoms with Crippen LogP contribution in [0.1, 0.15) is 92.9 Å². The first-order valence-corrected chi connectivity index (χ1v) is 15.7. The molecule has 0 aromatic rings. The maximum Gasteiger partial charge on any atom is 2.00 e. The van der Waals surface area contributed by atoms with Crippen LogP contribution in [-0.2, 0) is 38.0 Å². The third-order valence-electron chi connectivity index (χ3n) is 10.2. The van der Waals surface area contributed by atoms with Crippen LogP contribution in [-0.4, -0.2) is 109 Å². The molecule has 4 atom stereocenters. The van der Waals surface area contributed by atoms with E-state index < -0.39 is 71.0 Å². The standard InChI is InChI=1S/2C16H24O6.Ca/c2*1-15(2,3)9-4-6-16(7-5-9)20-8-10(22-16)13-11(17)12(18)14(19)21-13;/h2*9-10,13,17-18H,4-8H2,1-3H3;/q;;+2/p-2. The summed E-state index contributed by atoms with van der Waals surface area (Å²) in [5.41, 5.74) is 0.522. The molecule has 4 unspecified atom stereocenters. The van der Waals surface area contributed by atoms with Crippen LogP contribution in [0, 0.1) is 22.7 Å². The van der Waals surface area contributed by atoms with Crippen LogP contribution in [0.15, 0.2) is 23.0 Å². The smallest absolute Gasteiger partial charge is 0.870 e. The van der Waals surface area contributed by atoms with Gasteiger partial charge in [-0.1, -0.05) is 41.5 Å². The van der Waals surface area contributed by atoms with Gasteiger partial charge in [0, 0.05) is 25.7 Å². The number of carbonyl (C=O) groups is 2. The van der Waals surface area contributed by atoms with Crippen molar-refractivity contribution in [2.75, 3.05) is 13.2 Å². The summed E-state index contributed by atoms with van der Waals surface area (Å²) >= 11 is 0. The normalized spacial score (nSPS) is 38.7. The molecule has 6 aliphatic rings. The Morgan fingerprint density at radius 2 is 0.956 bits per heavy atom. The van der Waals surface area contributed by atoms with Crippen LogP contribution in [0.4, 0.5) is 0 Å². The number of aliphatic hydroxyl groups excluding tert-OH is 2. The monoisotopic (exact) mass is 662 g/mol. The Labute approximate surface area is 294 Å². The number of carbonyl (C=O) groups excluding carboxylic acids is 2. The number of aliphatic hydroxyl groups is 2. The molecule has 0 radical (unpaired) electrons. The minimum atomic E-state index is -1.08. The molecule has 6 rings (SSSR count). The van der Waals surface area contributed by atoms with Gasteiger partial charge in [0.25, 0.3) is 0 Å². The Morgan fingerprint density at radius 1 is 0.644 bits per heavy atom. The van der Waals surface area contributed by atoms with Gasteiger partial charge in [-0.25, -0.2) is 9.59 Å². The molecule has 12 nitrogen and oxygen atoms in total. The largest absolute Gasteiger partial charge is 2.00 e. The van der Waals surface area contributed by atoms with Gasteiger partial charge in [-0.05, 0) is 59.9 Å². The fourth-order valence-electron chi connectivity index (χ4n) is 7.24. The molecule has 0 aromatic carbocycles. The molecule has 4 fully saturated rings. The van der Waals surface area contributed by atoms with Crippen molar-refractivity contribution in [1.82, 2.24) is 0 Å². The molecule has 0 aromatic heterocycles. The summed E-state index contributed by atoms with van der Waals surface area (Å²) in [7, 11) is 0. The topological polar surface area (TPSA) is 176 Å². The Kier molecular flexibility index (Phi) is 10.8. The van der Waals surface area contributed by atoms with Crippen molar-refractivity contribution < 1.29 is 58.4 Å². The predicted molar refractivity (Wildman–Crippen MR) is 155 cm³/mol. The molecule has 45 heavy (non-hydrogen) atoms. The van der Waals surface area contributed by atoms with Crippen molar-refractivity contribution in [1.29, 1.82) is 0 Å². The molecule has 4 heterocycles. The van der Waals surface area contributed by atoms with Gasteiger partial charge in [-0.15, -0.1) is 0 Å². The second-order valence-corrected chi connectivity index (χ2v) is 15.1. The Balaban J connectivity index is 0.000000200. The van der Waals surface area contributed by atoms with E-state index in [1.165, 1.54) is 0 Å². The quantitative estimate of drug-likeness (QED) is 0.327. The molecule has 2 N–H and O–H groups in total. The van der Waals surface area contributed by atoms with Crippen molar-refractivity contribution in [3.05, 3.63) is 23.0 Å². The Hall–Kier alpha value is -1.28. The number of hydrogen-bond acceptors (Lipinski definition) is 12. The molecule has 4 aliphatic heterocycles. The van der Waals surface area contributed by atoms with Crippen molar-refractivity contribution >= 4 is 49.7 Å². The summed E-state index contributed by atoms with van der Waals surface area (Å²) in [5, 5.41) is 42.2. The molecule has 2 spiro atoms. The van der Waals surface area contributed by atoms with Crippen molar-refractivity contribution in [2.45, 2.75) is 129 Å². The molecule has 248 valence electrons. The molecular formula is C32H46CaO12. The van der Waals surface area contributed by atoms with E-state index in [1.807, 2.05) is 0 Å². The fourth-order valence-corrected chi connectivity index (χ4v) is 7.24. The van der Waals surface area contributed by atoms with Crippen LogP contribution >= 0.6 is 0 Å². The molecular weight excluding hydrogens is 616 g/mol. The minimum absolute atomic E-state index is 0. The maximum absolute atomic E-state index is 11.8. The number of cyclic esters (lactones) is 2. The number of esters is 2. The molecule has 13 heteroatoms. The molecule has 2 saturated heterocycles. The second kappa shape index (κ2) is 13.3. The Morgan fingerprint density at radius 3 is 1.20 bits per heavy atom. The van der Waals surface area contributed by atoms with Gasteiger partial charge in [-0.3, -0.25) is 0 Å². The third kappa shape index (κ3) is 7.57. The molecule has 2 aliphatic carbocycles. The summed E-state index contributed by atoms with van der Waals surface area (Å²) in [6.45, 7) is 13.9. The van der Waals surface area contributed by atoms with Crippen LogP contribution in [0.2, 0.25) is 0 Å². The van der Waals surface area contributed by atoms with Crippen molar-refractivity contribution in [3.63, 3.8) is 0 Å². The fraction of sp³-hybridized carbons (Fsp3) is 0.812. The second-order valence-electron chi connectivity index (χ2n) is 15.1. The van der Waals surface area contributed by atoms with Crippen molar-refractivity contribution in [3.8, 4) is 0 Å². The van der Waals surface area contributed by atoms with Gasteiger partial charge in [0.2, 0.25) is 0 Å². The van der Waals surface area contributed by atoms with E-state index in [0.29, 0.717) is 11.8 Å². The Bertz CT molecular complexity index is 1090. The zero-order valence-corrected chi connectivity index (χ0v) is 29.4. The van der Waals surface area contributed by atoms with Crippen molar-refractivity contribution in [2.24, 2.45) is 22.7 Å². The minimum Gasteiger partial charge on any atom is -0.870 e. The van der Waals surface area contributed by atoms with Gasteiger partial charge in [0.15, 0.2) is 23.1 Å². The molecule has 2 saturated carbocycles. The van der Waals surface area contributed by atoms with E-state index in [0.717, 1.165) is 51.4 Å². The first-order valence-electron chi connectivity index (χ1n) is 15.7. The first-order chi connectivity index (χ1) is 20.4. The summed E-state index contributed by atoms with van der Waals surface area (Å²) in [5.74, 6) is -5.16. The summed E-state index contributed by atoms with van der Waals surface area (Å²) in [6.07, 6.45) is 3.70. The van der Waals surface area contributed by atoms with Gasteiger partial charge in [0.05, 0.1) is 13.2 Å². The number of hydrogen-bond donors (Lipinski definition) is 2. The molecule has 0 amide bonds. The van der Waals surface area contributed by atoms with Gasteiger partial charge >= 0.3 is 49.7 Å². The average Bonchev–Trinajstić information content (AvgIpc) is 3.68. The van der Waals surface area contributed by atoms with Crippen LogP contribution in [0.25, 0.3) is 0 Å². The van der Waals surface area contributed by atoms with Crippen LogP contribution < -0.4 is 10.2 Å². The van der Waals surface area contributed by atoms with E-state index in [9.17, 15) is 30.0 Å². The van der Waals surface area contributed by atoms with E-state index in [2.05, 4.69) is 41.5 Å². The summed E-state index contributed by atoms with van der Waals surface area (Å²) < 4.78 is 33.4. The predicted octanol–water partition coefficient (Wildman–Crippen LogP) is 2.40. The van der Waals surface area contributed by atoms with Crippen LogP contribution in [0.5, 0.6) is 0 Å². The first kappa shape index (κ1) is 36.6. The SMILES string of the molecule is CC(C)(C)C1CCC2(CC1)OCC(C1OC(=O)C(O)=C1[O-])O2.CC(C)(C)C1CCC2(CC1)OCC(C1OC(=O)C(O)=C1[O-])O2.[Ca+2]. The summed E-state index contributed by atoms with van der Waals surface area (Å²) in [6, 6.07) is 0. The van der Waals surface area contributed by atoms with E-state index >= 15 is 0 Å².